The summed E-state index contributed by atoms with van der Waals surface area (Å²) in [7, 11) is 0. The number of carbonyl (C=O) groups is 1. The van der Waals surface area contributed by atoms with Gasteiger partial charge in [0.25, 0.3) is 5.69 Å². The van der Waals surface area contributed by atoms with Crippen molar-refractivity contribution in [3.63, 3.8) is 0 Å². The molecule has 0 saturated carbocycles. The number of thiophene rings is 1. The molecule has 0 aliphatic heterocycles. The highest BCUT2D eigenvalue weighted by Gasteiger charge is 2.10. The van der Waals surface area contributed by atoms with Crippen LogP contribution in [0.4, 0.5) is 5.69 Å². The lowest BCUT2D eigenvalue weighted by Gasteiger charge is -2.08. The fourth-order valence-electron chi connectivity index (χ4n) is 1.83. The molecule has 1 aromatic carbocycles. The van der Waals surface area contributed by atoms with Crippen LogP contribution in [-0.4, -0.2) is 17.3 Å². The van der Waals surface area contributed by atoms with E-state index in [0.717, 1.165) is 10.4 Å². The van der Waals surface area contributed by atoms with Gasteiger partial charge in [-0.15, -0.1) is 11.3 Å². The van der Waals surface area contributed by atoms with E-state index in [1.54, 1.807) is 12.1 Å². The lowest BCUT2D eigenvalue weighted by molar-refractivity contribution is -0.384. The molecule has 2 aromatic rings. The molecular formula is C15H15NO4S. The van der Waals surface area contributed by atoms with Crippen molar-refractivity contribution >= 4 is 22.8 Å². The standard InChI is InChI=1S/C15H15NO4S/c1-11-6-7-12(16(18)19)10-14(11)20-8-2-4-13(17)15-5-3-9-21-15/h3,5-7,9-10H,2,4,8H2,1H3. The topological polar surface area (TPSA) is 69.4 Å². The monoisotopic (exact) mass is 305 g/mol. The van der Waals surface area contributed by atoms with Crippen molar-refractivity contribution in [1.29, 1.82) is 0 Å². The first-order valence-corrected chi connectivity index (χ1v) is 7.40. The van der Waals surface area contributed by atoms with Crippen LogP contribution >= 0.6 is 11.3 Å². The highest BCUT2D eigenvalue weighted by molar-refractivity contribution is 7.12. The number of rotatable bonds is 7. The fraction of sp³-hybridized carbons (Fsp3) is 0.267. The van der Waals surface area contributed by atoms with Crippen LogP contribution in [0.5, 0.6) is 5.75 Å². The second kappa shape index (κ2) is 6.99. The first-order chi connectivity index (χ1) is 10.1. The molecule has 0 fully saturated rings. The molecule has 0 aliphatic carbocycles. The Balaban J connectivity index is 1.85. The minimum Gasteiger partial charge on any atom is -0.493 e. The molecule has 0 saturated heterocycles. The molecule has 6 heteroatoms. The van der Waals surface area contributed by atoms with Gasteiger partial charge in [0.05, 0.1) is 22.5 Å². The highest BCUT2D eigenvalue weighted by Crippen LogP contribution is 2.24. The minimum absolute atomic E-state index is 0.00487. The van der Waals surface area contributed by atoms with E-state index in [0.29, 0.717) is 25.2 Å². The molecule has 110 valence electrons. The molecule has 0 atom stereocenters. The van der Waals surface area contributed by atoms with E-state index in [1.807, 2.05) is 18.4 Å². The molecular weight excluding hydrogens is 290 g/mol. The number of aryl methyl sites for hydroxylation is 1. The van der Waals surface area contributed by atoms with Gasteiger partial charge in [-0.1, -0.05) is 6.07 Å². The number of benzene rings is 1. The van der Waals surface area contributed by atoms with Gasteiger partial charge in [-0.05, 0) is 36.4 Å². The third kappa shape index (κ3) is 4.13. The summed E-state index contributed by atoms with van der Waals surface area (Å²) < 4.78 is 5.54. The molecule has 0 aliphatic rings. The van der Waals surface area contributed by atoms with Gasteiger partial charge in [-0.25, -0.2) is 0 Å². The van der Waals surface area contributed by atoms with Gasteiger partial charge in [0.1, 0.15) is 5.75 Å². The average molecular weight is 305 g/mol. The Bertz CT molecular complexity index is 637. The van der Waals surface area contributed by atoms with Gasteiger partial charge in [-0.2, -0.15) is 0 Å². The second-order valence-corrected chi connectivity index (χ2v) is 5.51. The zero-order valence-corrected chi connectivity index (χ0v) is 12.4. The number of non-ortho nitro benzene ring substituents is 1. The van der Waals surface area contributed by atoms with Crippen LogP contribution in [0.1, 0.15) is 28.1 Å². The Hall–Kier alpha value is -2.21. The maximum Gasteiger partial charge on any atom is 0.273 e. The molecule has 2 rings (SSSR count). The number of ketones is 1. The van der Waals surface area contributed by atoms with Crippen LogP contribution in [0.15, 0.2) is 35.7 Å². The summed E-state index contributed by atoms with van der Waals surface area (Å²) in [6, 6.07) is 8.17. The summed E-state index contributed by atoms with van der Waals surface area (Å²) in [6.45, 7) is 2.19. The molecule has 1 heterocycles. The van der Waals surface area contributed by atoms with Gasteiger partial charge < -0.3 is 4.74 Å². The van der Waals surface area contributed by atoms with Gasteiger partial charge in [0, 0.05) is 12.5 Å². The summed E-state index contributed by atoms with van der Waals surface area (Å²) >= 11 is 1.43. The number of Topliss-reactive ketones (excluding diaryl/α,β-unsaturated/α-hetero) is 1. The maximum atomic E-state index is 11.8. The quantitative estimate of drug-likeness (QED) is 0.335. The van der Waals surface area contributed by atoms with E-state index >= 15 is 0 Å². The van der Waals surface area contributed by atoms with Crippen molar-refractivity contribution in [3.8, 4) is 5.75 Å². The van der Waals surface area contributed by atoms with Crippen molar-refractivity contribution in [2.24, 2.45) is 0 Å². The van der Waals surface area contributed by atoms with Gasteiger partial charge in [0.15, 0.2) is 5.78 Å². The summed E-state index contributed by atoms with van der Waals surface area (Å²) in [5, 5.41) is 12.6. The smallest absolute Gasteiger partial charge is 0.273 e. The molecule has 5 nitrogen and oxygen atoms in total. The van der Waals surface area contributed by atoms with Crippen molar-refractivity contribution in [2.45, 2.75) is 19.8 Å². The first kappa shape index (κ1) is 15.2. The van der Waals surface area contributed by atoms with Gasteiger partial charge in [-0.3, -0.25) is 14.9 Å². The number of nitrogens with zero attached hydrogens (tertiary/aromatic N) is 1. The van der Waals surface area contributed by atoms with Crippen molar-refractivity contribution in [3.05, 3.63) is 56.3 Å². The SMILES string of the molecule is Cc1ccc([N+](=O)[O-])cc1OCCCC(=O)c1cccs1. The Morgan fingerprint density at radius 3 is 2.86 bits per heavy atom. The fourth-order valence-corrected chi connectivity index (χ4v) is 2.53. The third-order valence-electron chi connectivity index (χ3n) is 2.98. The molecule has 0 radical (unpaired) electrons. The van der Waals surface area contributed by atoms with E-state index in [2.05, 4.69) is 0 Å². The predicted molar refractivity (Wildman–Crippen MR) is 81.2 cm³/mol. The summed E-state index contributed by atoms with van der Waals surface area (Å²) in [5.74, 6) is 0.595. The molecule has 0 amide bonds. The second-order valence-electron chi connectivity index (χ2n) is 4.56. The van der Waals surface area contributed by atoms with E-state index in [9.17, 15) is 14.9 Å². The van der Waals surface area contributed by atoms with Crippen LogP contribution < -0.4 is 4.74 Å². The van der Waals surface area contributed by atoms with Crippen LogP contribution in [0.2, 0.25) is 0 Å². The Kier molecular flexibility index (Phi) is 5.05. The van der Waals surface area contributed by atoms with Crippen LogP contribution in [0, 0.1) is 17.0 Å². The summed E-state index contributed by atoms with van der Waals surface area (Å²) in [4.78, 5) is 22.8. The summed E-state index contributed by atoms with van der Waals surface area (Å²) in [6.07, 6.45) is 0.993. The third-order valence-corrected chi connectivity index (χ3v) is 3.90. The van der Waals surface area contributed by atoms with Crippen LogP contribution in [-0.2, 0) is 0 Å². The molecule has 0 spiro atoms. The zero-order chi connectivity index (χ0) is 15.2. The molecule has 0 bridgehead atoms. The Morgan fingerprint density at radius 2 is 2.19 bits per heavy atom. The van der Waals surface area contributed by atoms with E-state index in [4.69, 9.17) is 4.74 Å². The molecule has 21 heavy (non-hydrogen) atoms. The Labute approximate surface area is 126 Å². The van der Waals surface area contributed by atoms with Crippen LogP contribution in [0.25, 0.3) is 0 Å². The number of nitro groups is 1. The van der Waals surface area contributed by atoms with Crippen molar-refractivity contribution < 1.29 is 14.5 Å². The van der Waals surface area contributed by atoms with E-state index in [-0.39, 0.29) is 11.5 Å². The summed E-state index contributed by atoms with van der Waals surface area (Å²) in [5.41, 5.74) is 0.843. The number of nitro benzene ring substituents is 1. The number of ether oxygens (including phenoxy) is 1. The minimum atomic E-state index is -0.452. The Morgan fingerprint density at radius 1 is 1.38 bits per heavy atom. The zero-order valence-electron chi connectivity index (χ0n) is 11.6. The molecule has 1 aromatic heterocycles. The maximum absolute atomic E-state index is 11.8. The van der Waals surface area contributed by atoms with Crippen molar-refractivity contribution in [1.82, 2.24) is 0 Å². The lowest BCUT2D eigenvalue weighted by Crippen LogP contribution is -2.03. The normalized spacial score (nSPS) is 10.3. The largest absolute Gasteiger partial charge is 0.493 e. The lowest BCUT2D eigenvalue weighted by atomic mass is 10.2. The first-order valence-electron chi connectivity index (χ1n) is 6.52. The highest BCUT2D eigenvalue weighted by atomic mass is 32.1. The van der Waals surface area contributed by atoms with E-state index in [1.165, 1.54) is 23.5 Å². The van der Waals surface area contributed by atoms with Gasteiger partial charge in [0.2, 0.25) is 0 Å². The average Bonchev–Trinajstić information content (AvgIpc) is 2.99. The number of hydrogen-bond donors (Lipinski definition) is 0. The molecule has 0 N–H and O–H groups in total. The van der Waals surface area contributed by atoms with E-state index < -0.39 is 4.92 Å². The van der Waals surface area contributed by atoms with Crippen molar-refractivity contribution in [2.75, 3.05) is 6.61 Å². The number of carbonyl (C=O) groups excluding carboxylic acids is 1. The predicted octanol–water partition coefficient (Wildman–Crippen LogP) is 4.01. The van der Waals surface area contributed by atoms with Gasteiger partial charge >= 0.3 is 0 Å². The molecule has 0 unspecified atom stereocenters. The van der Waals surface area contributed by atoms with Crippen LogP contribution in [0.3, 0.4) is 0 Å². The number of hydrogen-bond acceptors (Lipinski definition) is 5.